The van der Waals surface area contributed by atoms with E-state index in [1.54, 1.807) is 11.6 Å². The number of aliphatic hydroxyl groups is 1. The van der Waals surface area contributed by atoms with Gasteiger partial charge in [0.25, 0.3) is 0 Å². The van der Waals surface area contributed by atoms with E-state index in [0.717, 1.165) is 0 Å². The topological polar surface area (TPSA) is 64.1 Å². The summed E-state index contributed by atoms with van der Waals surface area (Å²) in [4.78, 5) is 3.78. The summed E-state index contributed by atoms with van der Waals surface area (Å²) < 4.78 is 20.5. The first-order valence-corrected chi connectivity index (χ1v) is 4.96. The molecule has 0 aromatic carbocycles. The molecule has 16 heavy (non-hydrogen) atoms. The lowest BCUT2D eigenvalue weighted by molar-refractivity contribution is 0.241. The summed E-state index contributed by atoms with van der Waals surface area (Å²) in [5.41, 5.74) is 0.589. The Hall–Kier alpha value is -1.69. The van der Waals surface area contributed by atoms with Gasteiger partial charge in [-0.2, -0.15) is 5.10 Å². The second kappa shape index (κ2) is 4.05. The van der Waals surface area contributed by atoms with E-state index in [9.17, 15) is 4.39 Å². The van der Waals surface area contributed by atoms with Gasteiger partial charge < -0.3 is 9.52 Å². The van der Waals surface area contributed by atoms with Crippen LogP contribution in [-0.2, 0) is 13.2 Å². The van der Waals surface area contributed by atoms with Crippen molar-refractivity contribution in [1.29, 1.82) is 0 Å². The summed E-state index contributed by atoms with van der Waals surface area (Å²) in [7, 11) is 0. The molecule has 0 aliphatic heterocycles. The first-order valence-electron chi connectivity index (χ1n) is 4.96. The largest absolute Gasteiger partial charge is 0.436 e. The maximum atomic E-state index is 13.8. The van der Waals surface area contributed by atoms with Gasteiger partial charge in [0.2, 0.25) is 5.89 Å². The second-order valence-corrected chi connectivity index (χ2v) is 3.34. The molecule has 5 nitrogen and oxygen atoms in total. The Morgan fingerprint density at radius 3 is 2.81 bits per heavy atom. The van der Waals surface area contributed by atoms with Gasteiger partial charge >= 0.3 is 0 Å². The third-order valence-corrected chi connectivity index (χ3v) is 2.36. The number of aromatic nitrogens is 3. The molecule has 0 amide bonds. The number of nitrogens with zero attached hydrogens (tertiary/aromatic N) is 3. The van der Waals surface area contributed by atoms with Gasteiger partial charge in [0, 0.05) is 6.54 Å². The zero-order valence-corrected chi connectivity index (χ0v) is 9.07. The molecule has 0 radical (unpaired) electrons. The van der Waals surface area contributed by atoms with E-state index in [0.29, 0.717) is 12.2 Å². The second-order valence-electron chi connectivity index (χ2n) is 3.34. The minimum Gasteiger partial charge on any atom is -0.436 e. The van der Waals surface area contributed by atoms with E-state index < -0.39 is 5.82 Å². The van der Waals surface area contributed by atoms with Crippen LogP contribution in [0, 0.1) is 12.7 Å². The first-order chi connectivity index (χ1) is 7.67. The molecule has 1 N–H and O–H groups in total. The fraction of sp³-hybridized carbons (Fsp3) is 0.400. The lowest BCUT2D eigenvalue weighted by atomic mass is 10.3. The van der Waals surface area contributed by atoms with Gasteiger partial charge in [-0.05, 0) is 13.8 Å². The van der Waals surface area contributed by atoms with Crippen LogP contribution in [0.1, 0.15) is 18.5 Å². The molecule has 2 rings (SSSR count). The molecule has 0 aliphatic rings. The number of oxazole rings is 1. The van der Waals surface area contributed by atoms with Crippen LogP contribution in [0.2, 0.25) is 0 Å². The molecule has 0 atom stereocenters. The van der Waals surface area contributed by atoms with Crippen molar-refractivity contribution in [3.8, 4) is 11.5 Å². The lowest BCUT2D eigenvalue weighted by Gasteiger charge is -1.95. The molecule has 2 aromatic heterocycles. The number of aliphatic hydroxyl groups excluding tert-OH is 1. The monoisotopic (exact) mass is 225 g/mol. The number of aryl methyl sites for hydroxylation is 1. The minimum atomic E-state index is -0.414. The van der Waals surface area contributed by atoms with E-state index in [1.807, 2.05) is 6.92 Å². The molecule has 0 saturated carbocycles. The highest BCUT2D eigenvalue weighted by Gasteiger charge is 2.18. The molecule has 86 valence electrons. The molecule has 6 heteroatoms. The zero-order chi connectivity index (χ0) is 11.7. The number of halogens is 1. The molecule has 0 unspecified atom stereocenters. The molecule has 0 saturated heterocycles. The van der Waals surface area contributed by atoms with Crippen molar-refractivity contribution < 1.29 is 13.9 Å². The Kier molecular flexibility index (Phi) is 2.74. The highest BCUT2D eigenvalue weighted by atomic mass is 19.1. The quantitative estimate of drug-likeness (QED) is 0.859. The van der Waals surface area contributed by atoms with Crippen LogP contribution in [0.25, 0.3) is 11.5 Å². The van der Waals surface area contributed by atoms with Crippen LogP contribution in [0.3, 0.4) is 0 Å². The predicted molar refractivity (Wildman–Crippen MR) is 54.0 cm³/mol. The van der Waals surface area contributed by atoms with Gasteiger partial charge in [-0.3, -0.25) is 4.68 Å². The molecule has 0 spiro atoms. The van der Waals surface area contributed by atoms with Crippen LogP contribution in [-0.4, -0.2) is 19.9 Å². The summed E-state index contributed by atoms with van der Waals surface area (Å²) in [6, 6.07) is 0. The third-order valence-electron chi connectivity index (χ3n) is 2.36. The van der Waals surface area contributed by atoms with Crippen molar-refractivity contribution in [2.75, 3.05) is 0 Å². The van der Waals surface area contributed by atoms with Crippen molar-refractivity contribution in [2.24, 2.45) is 0 Å². The number of hydrogen-bond acceptors (Lipinski definition) is 4. The van der Waals surface area contributed by atoms with Gasteiger partial charge in [-0.25, -0.2) is 9.37 Å². The van der Waals surface area contributed by atoms with E-state index in [1.165, 1.54) is 6.20 Å². The standard InChI is InChI=1S/C10H12FN3O2/c1-3-14-6(2)9(11)10(13-14)7-4-12-8(5-15)16-7/h4,15H,3,5H2,1-2H3. The van der Waals surface area contributed by atoms with E-state index in [4.69, 9.17) is 9.52 Å². The van der Waals surface area contributed by atoms with Gasteiger partial charge in [-0.15, -0.1) is 0 Å². The maximum Gasteiger partial charge on any atom is 0.220 e. The molecular weight excluding hydrogens is 213 g/mol. The summed E-state index contributed by atoms with van der Waals surface area (Å²) in [6.07, 6.45) is 1.36. The van der Waals surface area contributed by atoms with Crippen LogP contribution in [0.4, 0.5) is 4.39 Å². The van der Waals surface area contributed by atoms with E-state index >= 15 is 0 Å². The Morgan fingerprint density at radius 2 is 2.31 bits per heavy atom. The van der Waals surface area contributed by atoms with Crippen LogP contribution < -0.4 is 0 Å². The number of rotatable bonds is 3. The van der Waals surface area contributed by atoms with Gasteiger partial charge in [0.1, 0.15) is 6.61 Å². The zero-order valence-electron chi connectivity index (χ0n) is 9.07. The van der Waals surface area contributed by atoms with Gasteiger partial charge in [0.15, 0.2) is 17.3 Å². The van der Waals surface area contributed by atoms with Crippen molar-refractivity contribution in [3.63, 3.8) is 0 Å². The maximum absolute atomic E-state index is 13.8. The smallest absolute Gasteiger partial charge is 0.220 e. The number of hydrogen-bond donors (Lipinski definition) is 1. The lowest BCUT2D eigenvalue weighted by Crippen LogP contribution is -1.98. The fourth-order valence-electron chi connectivity index (χ4n) is 1.48. The fourth-order valence-corrected chi connectivity index (χ4v) is 1.48. The van der Waals surface area contributed by atoms with Crippen LogP contribution >= 0.6 is 0 Å². The predicted octanol–water partition coefficient (Wildman–Crippen LogP) is 1.50. The van der Waals surface area contributed by atoms with Crippen LogP contribution in [0.15, 0.2) is 10.6 Å². The molecule has 0 fully saturated rings. The molecular formula is C10H12FN3O2. The molecule has 0 aliphatic carbocycles. The van der Waals surface area contributed by atoms with Gasteiger partial charge in [0.05, 0.1) is 11.9 Å². The van der Waals surface area contributed by atoms with Crippen LogP contribution in [0.5, 0.6) is 0 Å². The summed E-state index contributed by atoms with van der Waals surface area (Å²) in [5, 5.41) is 12.9. The van der Waals surface area contributed by atoms with E-state index in [-0.39, 0.29) is 24.0 Å². The Balaban J connectivity index is 2.47. The minimum absolute atomic E-state index is 0.131. The van der Waals surface area contributed by atoms with Crippen molar-refractivity contribution in [3.05, 3.63) is 23.6 Å². The molecule has 2 aromatic rings. The Morgan fingerprint density at radius 1 is 1.56 bits per heavy atom. The highest BCUT2D eigenvalue weighted by Crippen LogP contribution is 2.24. The Bertz CT molecular complexity index is 504. The third kappa shape index (κ3) is 1.61. The van der Waals surface area contributed by atoms with Crippen molar-refractivity contribution >= 4 is 0 Å². The summed E-state index contributed by atoms with van der Waals surface area (Å²) in [6.45, 7) is 3.81. The molecule has 2 heterocycles. The average molecular weight is 225 g/mol. The van der Waals surface area contributed by atoms with E-state index in [2.05, 4.69) is 10.1 Å². The highest BCUT2D eigenvalue weighted by molar-refractivity contribution is 5.52. The summed E-state index contributed by atoms with van der Waals surface area (Å²) in [5.74, 6) is -0.0301. The summed E-state index contributed by atoms with van der Waals surface area (Å²) >= 11 is 0. The van der Waals surface area contributed by atoms with Gasteiger partial charge in [-0.1, -0.05) is 0 Å². The Labute approximate surface area is 91.5 Å². The normalized spacial score (nSPS) is 11.0. The molecule has 0 bridgehead atoms. The first kappa shape index (κ1) is 10.8. The average Bonchev–Trinajstić information content (AvgIpc) is 2.86. The SMILES string of the molecule is CCn1nc(-c2cnc(CO)o2)c(F)c1C. The van der Waals surface area contributed by atoms with Crippen molar-refractivity contribution in [1.82, 2.24) is 14.8 Å². The van der Waals surface area contributed by atoms with Crippen molar-refractivity contribution in [2.45, 2.75) is 27.0 Å².